The summed E-state index contributed by atoms with van der Waals surface area (Å²) in [4.78, 5) is 4.63. The average Bonchev–Trinajstić information content (AvgIpc) is 2.88. The van der Waals surface area contributed by atoms with Crippen LogP contribution in [-0.4, -0.2) is 10.7 Å². The summed E-state index contributed by atoms with van der Waals surface area (Å²) in [6, 6.07) is 16.6. The molecule has 102 valence electrons. The Morgan fingerprint density at radius 1 is 1.15 bits per heavy atom. The molecule has 4 heteroatoms. The first kappa shape index (κ1) is 13.6. The lowest BCUT2D eigenvalue weighted by Crippen LogP contribution is -2.14. The molecule has 2 N–H and O–H groups in total. The summed E-state index contributed by atoms with van der Waals surface area (Å²) in [5.74, 6) is 0.852. The van der Waals surface area contributed by atoms with Crippen LogP contribution in [-0.2, 0) is 0 Å². The summed E-state index contributed by atoms with van der Waals surface area (Å²) in [7, 11) is 0. The van der Waals surface area contributed by atoms with Gasteiger partial charge in [0.15, 0.2) is 4.34 Å². The van der Waals surface area contributed by atoms with Gasteiger partial charge >= 0.3 is 0 Å². The Kier molecular flexibility index (Phi) is 4.05. The maximum atomic E-state index is 6.29. The summed E-state index contributed by atoms with van der Waals surface area (Å²) < 4.78 is 2.33. The van der Waals surface area contributed by atoms with Gasteiger partial charge in [-0.3, -0.25) is 0 Å². The molecule has 0 radical (unpaired) electrons. The van der Waals surface area contributed by atoms with Crippen molar-refractivity contribution in [1.82, 2.24) is 4.98 Å². The second-order valence-electron chi connectivity index (χ2n) is 4.72. The molecule has 20 heavy (non-hydrogen) atoms. The fourth-order valence-electron chi connectivity index (χ4n) is 2.17. The molecule has 0 saturated carbocycles. The molecule has 2 aromatic carbocycles. The Morgan fingerprint density at radius 3 is 2.70 bits per heavy atom. The number of nitrogens with two attached hydrogens (primary N) is 1. The van der Waals surface area contributed by atoms with E-state index in [1.807, 2.05) is 24.3 Å². The van der Waals surface area contributed by atoms with E-state index in [9.17, 15) is 0 Å². The monoisotopic (exact) mass is 300 g/mol. The second-order valence-corrected chi connectivity index (χ2v) is 7.02. The second kappa shape index (κ2) is 5.95. The lowest BCUT2D eigenvalue weighted by molar-refractivity contribution is 0.822. The molecule has 0 fully saturated rings. The third-order valence-electron chi connectivity index (χ3n) is 3.25. The van der Waals surface area contributed by atoms with Crippen LogP contribution in [0.1, 0.15) is 17.2 Å². The van der Waals surface area contributed by atoms with Gasteiger partial charge in [0.2, 0.25) is 0 Å². The number of fused-ring (bicyclic) bond motifs is 1. The van der Waals surface area contributed by atoms with Crippen LogP contribution in [0.4, 0.5) is 0 Å². The molecule has 0 aliphatic rings. The number of thiazole rings is 1. The Bertz CT molecular complexity index is 688. The SMILES string of the molecule is Cc1ccccc1C(N)CSc1nc2ccccc2s1. The van der Waals surface area contributed by atoms with Crippen LogP contribution < -0.4 is 5.73 Å². The van der Waals surface area contributed by atoms with Gasteiger partial charge in [-0.2, -0.15) is 0 Å². The Morgan fingerprint density at radius 2 is 1.90 bits per heavy atom. The zero-order valence-corrected chi connectivity index (χ0v) is 12.9. The van der Waals surface area contributed by atoms with Gasteiger partial charge in [0.25, 0.3) is 0 Å². The predicted molar refractivity (Wildman–Crippen MR) is 88.5 cm³/mol. The van der Waals surface area contributed by atoms with Crippen LogP contribution >= 0.6 is 23.1 Å². The highest BCUT2D eigenvalue weighted by Crippen LogP contribution is 2.31. The zero-order chi connectivity index (χ0) is 13.9. The van der Waals surface area contributed by atoms with Crippen LogP contribution in [0.2, 0.25) is 0 Å². The number of aromatic nitrogens is 1. The first-order chi connectivity index (χ1) is 9.74. The van der Waals surface area contributed by atoms with E-state index < -0.39 is 0 Å². The number of rotatable bonds is 4. The zero-order valence-electron chi connectivity index (χ0n) is 11.2. The van der Waals surface area contributed by atoms with Crippen molar-refractivity contribution in [3.63, 3.8) is 0 Å². The van der Waals surface area contributed by atoms with E-state index in [1.165, 1.54) is 15.8 Å². The topological polar surface area (TPSA) is 38.9 Å². The molecule has 0 saturated heterocycles. The lowest BCUT2D eigenvalue weighted by Gasteiger charge is -2.13. The smallest absolute Gasteiger partial charge is 0.151 e. The van der Waals surface area contributed by atoms with Crippen LogP contribution in [0, 0.1) is 6.92 Å². The highest BCUT2D eigenvalue weighted by Gasteiger charge is 2.11. The van der Waals surface area contributed by atoms with Crippen LogP contribution in [0.5, 0.6) is 0 Å². The largest absolute Gasteiger partial charge is 0.323 e. The predicted octanol–water partition coefficient (Wildman–Crippen LogP) is 4.40. The van der Waals surface area contributed by atoms with Crippen LogP contribution in [0.3, 0.4) is 0 Å². The number of para-hydroxylation sites is 1. The van der Waals surface area contributed by atoms with Crippen molar-refractivity contribution in [3.8, 4) is 0 Å². The Hall–Kier alpha value is -1.36. The fourth-order valence-corrected chi connectivity index (χ4v) is 4.24. The highest BCUT2D eigenvalue weighted by atomic mass is 32.2. The summed E-state index contributed by atoms with van der Waals surface area (Å²) in [6.07, 6.45) is 0. The minimum Gasteiger partial charge on any atom is -0.323 e. The number of nitrogens with zero attached hydrogens (tertiary/aromatic N) is 1. The third kappa shape index (κ3) is 2.87. The number of hydrogen-bond donors (Lipinski definition) is 1. The maximum Gasteiger partial charge on any atom is 0.151 e. The summed E-state index contributed by atoms with van der Waals surface area (Å²) in [5.41, 5.74) is 9.85. The molecule has 3 aromatic rings. The Labute approximate surface area is 127 Å². The molecule has 2 nitrogen and oxygen atoms in total. The van der Waals surface area contributed by atoms with Crippen LogP contribution in [0.25, 0.3) is 10.2 Å². The normalized spacial score (nSPS) is 12.7. The van der Waals surface area contributed by atoms with Crippen molar-refractivity contribution in [2.45, 2.75) is 17.3 Å². The molecule has 1 aromatic heterocycles. The molecule has 0 aliphatic carbocycles. The highest BCUT2D eigenvalue weighted by molar-refractivity contribution is 8.01. The minimum atomic E-state index is 0.0493. The van der Waals surface area contributed by atoms with Gasteiger partial charge in [-0.05, 0) is 30.2 Å². The molecular weight excluding hydrogens is 284 g/mol. The average molecular weight is 300 g/mol. The fraction of sp³-hybridized carbons (Fsp3) is 0.188. The molecule has 3 rings (SSSR count). The minimum absolute atomic E-state index is 0.0493. The molecule has 0 amide bonds. The van der Waals surface area contributed by atoms with E-state index in [0.29, 0.717) is 0 Å². The van der Waals surface area contributed by atoms with Crippen molar-refractivity contribution in [3.05, 3.63) is 59.7 Å². The maximum absolute atomic E-state index is 6.29. The lowest BCUT2D eigenvalue weighted by atomic mass is 10.0. The van der Waals surface area contributed by atoms with Gasteiger partial charge in [0.05, 0.1) is 10.2 Å². The van der Waals surface area contributed by atoms with Crippen molar-refractivity contribution in [1.29, 1.82) is 0 Å². The van der Waals surface area contributed by atoms with E-state index in [2.05, 4.69) is 36.2 Å². The number of aryl methyl sites for hydroxylation is 1. The van der Waals surface area contributed by atoms with Gasteiger partial charge in [-0.25, -0.2) is 4.98 Å². The molecule has 0 spiro atoms. The molecular formula is C16H16N2S2. The summed E-state index contributed by atoms with van der Waals surface area (Å²) >= 11 is 3.48. The van der Waals surface area contributed by atoms with E-state index in [1.54, 1.807) is 23.1 Å². The number of hydrogen-bond acceptors (Lipinski definition) is 4. The van der Waals surface area contributed by atoms with Gasteiger partial charge in [-0.1, -0.05) is 48.2 Å². The van der Waals surface area contributed by atoms with E-state index in [4.69, 9.17) is 5.73 Å². The first-order valence-electron chi connectivity index (χ1n) is 6.53. The van der Waals surface area contributed by atoms with Crippen molar-refractivity contribution in [2.24, 2.45) is 5.73 Å². The number of thioether (sulfide) groups is 1. The van der Waals surface area contributed by atoms with Gasteiger partial charge in [0, 0.05) is 11.8 Å². The molecule has 1 heterocycles. The summed E-state index contributed by atoms with van der Waals surface area (Å²) in [5, 5.41) is 0. The van der Waals surface area contributed by atoms with Gasteiger partial charge < -0.3 is 5.73 Å². The molecule has 1 unspecified atom stereocenters. The number of benzene rings is 2. The molecule has 0 bridgehead atoms. The molecule has 1 atom stereocenters. The van der Waals surface area contributed by atoms with Crippen molar-refractivity contribution in [2.75, 3.05) is 5.75 Å². The van der Waals surface area contributed by atoms with Gasteiger partial charge in [-0.15, -0.1) is 11.3 Å². The Balaban J connectivity index is 1.71. The van der Waals surface area contributed by atoms with E-state index >= 15 is 0 Å². The van der Waals surface area contributed by atoms with E-state index in [0.717, 1.165) is 15.6 Å². The third-order valence-corrected chi connectivity index (χ3v) is 5.55. The first-order valence-corrected chi connectivity index (χ1v) is 8.34. The summed E-state index contributed by atoms with van der Waals surface area (Å²) in [6.45, 7) is 2.11. The molecule has 0 aliphatic heterocycles. The van der Waals surface area contributed by atoms with Crippen LogP contribution in [0.15, 0.2) is 52.9 Å². The van der Waals surface area contributed by atoms with Gasteiger partial charge in [0.1, 0.15) is 0 Å². The quantitative estimate of drug-likeness (QED) is 0.726. The van der Waals surface area contributed by atoms with E-state index in [-0.39, 0.29) is 6.04 Å². The van der Waals surface area contributed by atoms with Crippen molar-refractivity contribution >= 4 is 33.3 Å². The standard InChI is InChI=1S/C16H16N2S2/c1-11-6-2-3-7-12(11)13(17)10-19-16-18-14-8-4-5-9-15(14)20-16/h2-9,13H,10,17H2,1H3. The van der Waals surface area contributed by atoms with Crippen molar-refractivity contribution < 1.29 is 0 Å².